The molecule has 0 aliphatic rings. The molecule has 0 radical (unpaired) electrons. The van der Waals surface area contributed by atoms with Crippen molar-refractivity contribution in [2.45, 2.75) is 289 Å². The molecule has 0 saturated carbocycles. The Morgan fingerprint density at radius 3 is 0.926 bits per heavy atom. The van der Waals surface area contributed by atoms with Gasteiger partial charge in [-0.25, -0.2) is 0 Å². The van der Waals surface area contributed by atoms with Crippen LogP contribution in [-0.2, 0) is 14.9 Å². The second-order valence-corrected chi connectivity index (χ2v) is 18.6. The molecule has 0 aliphatic carbocycles. The van der Waals surface area contributed by atoms with Gasteiger partial charge in [-0.3, -0.25) is 9.35 Å². The zero-order valence-electron chi connectivity index (χ0n) is 36.4. The lowest BCUT2D eigenvalue weighted by molar-refractivity contribution is -0.122. The Morgan fingerprint density at radius 2 is 0.667 bits per heavy atom. The zero-order chi connectivity index (χ0) is 39.6. The highest BCUT2D eigenvalue weighted by Gasteiger charge is 2.26. The van der Waals surface area contributed by atoms with Crippen LogP contribution in [0.25, 0.3) is 0 Å². The third-order valence-corrected chi connectivity index (χ3v) is 12.3. The number of nitrogens with one attached hydrogen (secondary N) is 1. The molecule has 0 fully saturated rings. The summed E-state index contributed by atoms with van der Waals surface area (Å²) >= 11 is 0. The highest BCUT2D eigenvalue weighted by atomic mass is 32.2. The Kier molecular flexibility index (Phi) is 41.4. The van der Waals surface area contributed by atoms with E-state index in [1.807, 2.05) is 0 Å². The number of hydrogen-bond donors (Lipinski definition) is 3. The van der Waals surface area contributed by atoms with Crippen molar-refractivity contribution in [2.24, 2.45) is 0 Å². The number of carbonyl (C=O) groups is 1. The van der Waals surface area contributed by atoms with Crippen LogP contribution >= 0.6 is 0 Å². The fourth-order valence-corrected chi connectivity index (χ4v) is 8.69. The minimum atomic E-state index is -4.31. The lowest BCUT2D eigenvalue weighted by Crippen LogP contribution is -2.47. The summed E-state index contributed by atoms with van der Waals surface area (Å²) in [6.45, 7) is 4.56. The molecule has 2 atom stereocenters. The molecule has 0 heterocycles. The van der Waals surface area contributed by atoms with Crippen molar-refractivity contribution in [3.05, 3.63) is 0 Å². The quantitative estimate of drug-likeness (QED) is 0.0421. The predicted molar refractivity (Wildman–Crippen MR) is 235 cm³/mol. The SMILES string of the molecule is CCCCCCCCCCCCCCCCCCCCCCC(=O)NC(CS(=O)(=O)O)C(O)CCCCCCCCCCCCCCCCCCCCC. The van der Waals surface area contributed by atoms with E-state index in [0.717, 1.165) is 38.5 Å². The standard InChI is InChI=1S/C47H95NO5S/c1-3-5-7-9-11-13-15-17-19-21-23-25-27-29-31-33-35-37-39-41-43-47(50)48-45(44-54(51,52)53)46(49)42-40-38-36-34-32-30-28-26-24-22-20-18-16-14-12-10-8-6-4-2/h45-46,49H,3-44H2,1-2H3,(H,48,50)(H,51,52,53). The van der Waals surface area contributed by atoms with Gasteiger partial charge in [-0.2, -0.15) is 8.42 Å². The topological polar surface area (TPSA) is 104 Å². The zero-order valence-corrected chi connectivity index (χ0v) is 37.2. The number of aliphatic hydroxyl groups is 1. The minimum absolute atomic E-state index is 0.238. The van der Waals surface area contributed by atoms with Gasteiger partial charge in [0, 0.05) is 6.42 Å². The van der Waals surface area contributed by atoms with Crippen molar-refractivity contribution in [2.75, 3.05) is 5.75 Å². The van der Waals surface area contributed by atoms with Gasteiger partial charge in [0.2, 0.25) is 5.91 Å². The van der Waals surface area contributed by atoms with Gasteiger partial charge in [-0.1, -0.05) is 258 Å². The van der Waals surface area contributed by atoms with Crippen LogP contribution in [0.4, 0.5) is 0 Å². The van der Waals surface area contributed by atoms with Crippen LogP contribution < -0.4 is 5.32 Å². The Labute approximate surface area is 338 Å². The molecule has 0 saturated heterocycles. The third-order valence-electron chi connectivity index (χ3n) is 11.6. The molecule has 0 aromatic heterocycles. The van der Waals surface area contributed by atoms with E-state index < -0.39 is 28.0 Å². The molecular weight excluding hydrogens is 691 g/mol. The molecule has 1 amide bonds. The maximum absolute atomic E-state index is 12.6. The van der Waals surface area contributed by atoms with Crippen molar-refractivity contribution in [1.82, 2.24) is 5.32 Å². The van der Waals surface area contributed by atoms with E-state index >= 15 is 0 Å². The van der Waals surface area contributed by atoms with Crippen LogP contribution in [0.5, 0.6) is 0 Å². The first kappa shape index (κ1) is 53.3. The average Bonchev–Trinajstić information content (AvgIpc) is 3.14. The lowest BCUT2D eigenvalue weighted by atomic mass is 10.0. The molecule has 0 rings (SSSR count). The number of aliphatic hydroxyl groups excluding tert-OH is 1. The van der Waals surface area contributed by atoms with Crippen molar-refractivity contribution < 1.29 is 22.9 Å². The second-order valence-electron chi connectivity index (χ2n) is 17.1. The Balaban J connectivity index is 3.73. The fourth-order valence-electron chi connectivity index (χ4n) is 7.93. The number of hydrogen-bond acceptors (Lipinski definition) is 4. The third kappa shape index (κ3) is 42.5. The molecule has 0 aliphatic heterocycles. The smallest absolute Gasteiger partial charge is 0.266 e. The Morgan fingerprint density at radius 1 is 0.426 bits per heavy atom. The van der Waals surface area contributed by atoms with Crippen molar-refractivity contribution in [1.29, 1.82) is 0 Å². The van der Waals surface area contributed by atoms with Gasteiger partial charge in [0.05, 0.1) is 17.9 Å². The maximum Gasteiger partial charge on any atom is 0.266 e. The summed E-state index contributed by atoms with van der Waals surface area (Å²) in [6.07, 6.45) is 50.6. The van der Waals surface area contributed by atoms with Gasteiger partial charge < -0.3 is 10.4 Å². The average molecular weight is 786 g/mol. The van der Waals surface area contributed by atoms with Crippen LogP contribution in [0.1, 0.15) is 277 Å². The molecule has 54 heavy (non-hydrogen) atoms. The van der Waals surface area contributed by atoms with Gasteiger partial charge in [-0.15, -0.1) is 0 Å². The first-order valence-corrected chi connectivity index (χ1v) is 25.8. The van der Waals surface area contributed by atoms with Gasteiger partial charge >= 0.3 is 0 Å². The summed E-state index contributed by atoms with van der Waals surface area (Å²) in [5.41, 5.74) is 0. The summed E-state index contributed by atoms with van der Waals surface area (Å²) in [5, 5.41) is 13.4. The first-order chi connectivity index (χ1) is 26.3. The van der Waals surface area contributed by atoms with Crippen LogP contribution in [0.15, 0.2) is 0 Å². The Hall–Kier alpha value is -0.660. The maximum atomic E-state index is 12.6. The van der Waals surface area contributed by atoms with E-state index in [2.05, 4.69) is 19.2 Å². The molecule has 324 valence electrons. The molecule has 0 spiro atoms. The van der Waals surface area contributed by atoms with Crippen LogP contribution in [0.3, 0.4) is 0 Å². The number of unbranched alkanes of at least 4 members (excludes halogenated alkanes) is 37. The van der Waals surface area contributed by atoms with Crippen LogP contribution in [-0.4, -0.2) is 41.9 Å². The van der Waals surface area contributed by atoms with Gasteiger partial charge in [0.1, 0.15) is 0 Å². The van der Waals surface area contributed by atoms with Crippen LogP contribution in [0.2, 0.25) is 0 Å². The molecule has 6 nitrogen and oxygen atoms in total. The van der Waals surface area contributed by atoms with E-state index in [9.17, 15) is 22.9 Å². The molecule has 3 N–H and O–H groups in total. The normalized spacial score (nSPS) is 13.0. The van der Waals surface area contributed by atoms with E-state index in [0.29, 0.717) is 12.8 Å². The van der Waals surface area contributed by atoms with Crippen LogP contribution in [0, 0.1) is 0 Å². The summed E-state index contributed by atoms with van der Waals surface area (Å²) < 4.78 is 32.7. The fraction of sp³-hybridized carbons (Fsp3) is 0.979. The van der Waals surface area contributed by atoms with Crippen molar-refractivity contribution in [3.8, 4) is 0 Å². The van der Waals surface area contributed by atoms with E-state index in [1.165, 1.54) is 212 Å². The molecule has 7 heteroatoms. The molecule has 2 unspecified atom stereocenters. The highest BCUT2D eigenvalue weighted by molar-refractivity contribution is 7.85. The van der Waals surface area contributed by atoms with Crippen molar-refractivity contribution in [3.63, 3.8) is 0 Å². The monoisotopic (exact) mass is 786 g/mol. The minimum Gasteiger partial charge on any atom is -0.391 e. The summed E-state index contributed by atoms with van der Waals surface area (Å²) in [5.74, 6) is -0.878. The summed E-state index contributed by atoms with van der Waals surface area (Å²) in [6, 6.07) is -0.965. The summed E-state index contributed by atoms with van der Waals surface area (Å²) in [4.78, 5) is 12.6. The van der Waals surface area contributed by atoms with E-state index in [-0.39, 0.29) is 5.91 Å². The van der Waals surface area contributed by atoms with E-state index in [4.69, 9.17) is 0 Å². The molecular formula is C47H95NO5S. The van der Waals surface area contributed by atoms with Gasteiger partial charge in [-0.05, 0) is 12.8 Å². The molecule has 0 aromatic rings. The molecule has 0 bridgehead atoms. The second kappa shape index (κ2) is 42.0. The largest absolute Gasteiger partial charge is 0.391 e. The number of carbonyl (C=O) groups excluding carboxylic acids is 1. The van der Waals surface area contributed by atoms with Gasteiger partial charge in [0.15, 0.2) is 0 Å². The Bertz CT molecular complexity index is 866. The van der Waals surface area contributed by atoms with Gasteiger partial charge in [0.25, 0.3) is 10.1 Å². The predicted octanol–water partition coefficient (Wildman–Crippen LogP) is 14.8. The van der Waals surface area contributed by atoms with E-state index in [1.54, 1.807) is 0 Å². The first-order valence-electron chi connectivity index (χ1n) is 24.2. The number of amides is 1. The van der Waals surface area contributed by atoms with Crippen molar-refractivity contribution >= 4 is 16.0 Å². The number of rotatable bonds is 45. The highest BCUT2D eigenvalue weighted by Crippen LogP contribution is 2.18. The summed E-state index contributed by atoms with van der Waals surface area (Å²) in [7, 11) is -4.31. The molecule has 0 aromatic carbocycles. The lowest BCUT2D eigenvalue weighted by Gasteiger charge is -2.23.